The number of carbonyl (C=O) groups is 1. The number of hydrogen-bond donors (Lipinski definition) is 3. The van der Waals surface area contributed by atoms with Gasteiger partial charge in [0.2, 0.25) is 5.91 Å². The SMILES string of the molecule is CC[C@H](CO)NC(=O)C1CC(C)(O)C1. The van der Waals surface area contributed by atoms with Crippen molar-refractivity contribution in [3.8, 4) is 0 Å². The molecule has 4 nitrogen and oxygen atoms in total. The Morgan fingerprint density at radius 1 is 1.64 bits per heavy atom. The van der Waals surface area contributed by atoms with E-state index in [1.807, 2.05) is 6.92 Å². The Hall–Kier alpha value is -0.610. The van der Waals surface area contributed by atoms with E-state index in [1.54, 1.807) is 6.92 Å². The van der Waals surface area contributed by atoms with Crippen LogP contribution >= 0.6 is 0 Å². The van der Waals surface area contributed by atoms with Gasteiger partial charge >= 0.3 is 0 Å². The molecule has 0 aliphatic heterocycles. The van der Waals surface area contributed by atoms with Crippen LogP contribution in [-0.2, 0) is 4.79 Å². The van der Waals surface area contributed by atoms with Gasteiger partial charge < -0.3 is 15.5 Å². The maximum absolute atomic E-state index is 11.5. The normalized spacial score (nSPS) is 33.3. The third-order valence-electron chi connectivity index (χ3n) is 2.80. The molecule has 82 valence electrons. The molecule has 1 amide bonds. The smallest absolute Gasteiger partial charge is 0.223 e. The van der Waals surface area contributed by atoms with E-state index in [9.17, 15) is 9.90 Å². The zero-order valence-electron chi connectivity index (χ0n) is 8.79. The molecule has 0 spiro atoms. The molecule has 0 radical (unpaired) electrons. The van der Waals surface area contributed by atoms with Crippen molar-refractivity contribution in [2.75, 3.05) is 6.61 Å². The quantitative estimate of drug-likeness (QED) is 0.601. The van der Waals surface area contributed by atoms with E-state index in [1.165, 1.54) is 0 Å². The molecule has 0 bridgehead atoms. The van der Waals surface area contributed by atoms with Gasteiger partial charge in [-0.1, -0.05) is 6.92 Å². The van der Waals surface area contributed by atoms with Crippen molar-refractivity contribution in [3.05, 3.63) is 0 Å². The highest BCUT2D eigenvalue weighted by molar-refractivity contribution is 5.80. The molecule has 0 saturated heterocycles. The van der Waals surface area contributed by atoms with Crippen LogP contribution in [0.2, 0.25) is 0 Å². The largest absolute Gasteiger partial charge is 0.394 e. The molecule has 1 saturated carbocycles. The molecular formula is C10H19NO3. The predicted molar refractivity (Wildman–Crippen MR) is 52.7 cm³/mol. The molecule has 3 N–H and O–H groups in total. The highest BCUT2D eigenvalue weighted by Crippen LogP contribution is 2.37. The topological polar surface area (TPSA) is 69.6 Å². The standard InChI is InChI=1S/C10H19NO3/c1-3-8(6-12)11-9(13)7-4-10(2,14)5-7/h7-8,12,14H,3-6H2,1-2H3,(H,11,13)/t7?,8-,10?/m1/s1. The van der Waals surface area contributed by atoms with Gasteiger partial charge in [0.25, 0.3) is 0 Å². The van der Waals surface area contributed by atoms with Gasteiger partial charge in [-0.3, -0.25) is 4.79 Å². The summed E-state index contributed by atoms with van der Waals surface area (Å²) < 4.78 is 0. The fourth-order valence-electron chi connectivity index (χ4n) is 1.78. The van der Waals surface area contributed by atoms with Gasteiger partial charge in [0, 0.05) is 5.92 Å². The summed E-state index contributed by atoms with van der Waals surface area (Å²) in [5.41, 5.74) is -0.664. The first kappa shape index (κ1) is 11.5. The van der Waals surface area contributed by atoms with Gasteiger partial charge in [0.15, 0.2) is 0 Å². The van der Waals surface area contributed by atoms with E-state index in [-0.39, 0.29) is 24.5 Å². The van der Waals surface area contributed by atoms with Crippen molar-refractivity contribution < 1.29 is 15.0 Å². The summed E-state index contributed by atoms with van der Waals surface area (Å²) in [4.78, 5) is 11.5. The molecule has 1 aliphatic rings. The molecule has 1 rings (SSSR count). The third kappa shape index (κ3) is 2.69. The maximum Gasteiger partial charge on any atom is 0.223 e. The number of amides is 1. The minimum Gasteiger partial charge on any atom is -0.394 e. The van der Waals surface area contributed by atoms with Crippen LogP contribution < -0.4 is 5.32 Å². The van der Waals surface area contributed by atoms with Gasteiger partial charge in [0.05, 0.1) is 18.2 Å². The first-order valence-corrected chi connectivity index (χ1v) is 5.12. The minimum absolute atomic E-state index is 0.0225. The molecule has 1 fully saturated rings. The summed E-state index contributed by atoms with van der Waals surface area (Å²) in [6, 6.07) is -0.145. The van der Waals surface area contributed by atoms with Crippen molar-refractivity contribution in [3.63, 3.8) is 0 Å². The van der Waals surface area contributed by atoms with E-state index in [0.29, 0.717) is 12.8 Å². The maximum atomic E-state index is 11.5. The predicted octanol–water partition coefficient (Wildman–Crippen LogP) is 0.0345. The van der Waals surface area contributed by atoms with Crippen molar-refractivity contribution >= 4 is 5.91 Å². The minimum atomic E-state index is -0.664. The molecule has 0 aromatic heterocycles. The van der Waals surface area contributed by atoms with Gasteiger partial charge in [-0.2, -0.15) is 0 Å². The molecular weight excluding hydrogens is 182 g/mol. The van der Waals surface area contributed by atoms with Gasteiger partial charge in [-0.15, -0.1) is 0 Å². The Morgan fingerprint density at radius 2 is 2.21 bits per heavy atom. The second-order valence-electron chi connectivity index (χ2n) is 4.40. The van der Waals surface area contributed by atoms with E-state index in [4.69, 9.17) is 5.11 Å². The Labute approximate surface area is 84.3 Å². The van der Waals surface area contributed by atoms with Gasteiger partial charge in [-0.05, 0) is 26.2 Å². The Bertz CT molecular complexity index is 203. The monoisotopic (exact) mass is 201 g/mol. The lowest BCUT2D eigenvalue weighted by Gasteiger charge is -2.40. The average Bonchev–Trinajstić information content (AvgIpc) is 2.09. The number of carbonyl (C=O) groups excluding carboxylic acids is 1. The second kappa shape index (κ2) is 4.28. The zero-order valence-corrected chi connectivity index (χ0v) is 8.79. The molecule has 1 atom stereocenters. The van der Waals surface area contributed by atoms with Crippen LogP contribution in [0.5, 0.6) is 0 Å². The fourth-order valence-corrected chi connectivity index (χ4v) is 1.78. The molecule has 14 heavy (non-hydrogen) atoms. The Balaban J connectivity index is 2.30. The van der Waals surface area contributed by atoms with Crippen molar-refractivity contribution in [2.45, 2.75) is 44.8 Å². The lowest BCUT2D eigenvalue weighted by atomic mass is 9.71. The molecule has 0 aromatic carbocycles. The van der Waals surface area contributed by atoms with Crippen LogP contribution in [0.25, 0.3) is 0 Å². The van der Waals surface area contributed by atoms with E-state index in [2.05, 4.69) is 5.32 Å². The Kier molecular flexibility index (Phi) is 3.50. The summed E-state index contributed by atoms with van der Waals surface area (Å²) >= 11 is 0. The number of rotatable bonds is 4. The highest BCUT2D eigenvalue weighted by Gasteiger charge is 2.42. The number of aliphatic hydroxyl groups excluding tert-OH is 1. The first-order valence-electron chi connectivity index (χ1n) is 5.12. The number of nitrogens with one attached hydrogen (secondary N) is 1. The lowest BCUT2D eigenvalue weighted by Crippen LogP contribution is -2.50. The van der Waals surface area contributed by atoms with Crippen LogP contribution in [0, 0.1) is 5.92 Å². The van der Waals surface area contributed by atoms with Crippen LogP contribution in [0.1, 0.15) is 33.1 Å². The summed E-state index contributed by atoms with van der Waals surface area (Å²) in [6.45, 7) is 3.63. The third-order valence-corrected chi connectivity index (χ3v) is 2.80. The molecule has 0 aromatic rings. The second-order valence-corrected chi connectivity index (χ2v) is 4.40. The molecule has 0 unspecified atom stereocenters. The van der Waals surface area contributed by atoms with E-state index in [0.717, 1.165) is 6.42 Å². The van der Waals surface area contributed by atoms with Crippen LogP contribution in [0.4, 0.5) is 0 Å². The highest BCUT2D eigenvalue weighted by atomic mass is 16.3. The molecule has 4 heteroatoms. The van der Waals surface area contributed by atoms with Crippen LogP contribution in [0.3, 0.4) is 0 Å². The first-order chi connectivity index (χ1) is 6.48. The summed E-state index contributed by atoms with van der Waals surface area (Å²) in [6.07, 6.45) is 1.78. The van der Waals surface area contributed by atoms with Gasteiger partial charge in [-0.25, -0.2) is 0 Å². The lowest BCUT2D eigenvalue weighted by molar-refractivity contribution is -0.140. The molecule has 1 aliphatic carbocycles. The van der Waals surface area contributed by atoms with E-state index < -0.39 is 5.60 Å². The van der Waals surface area contributed by atoms with Crippen molar-refractivity contribution in [1.82, 2.24) is 5.32 Å². The molecule has 0 heterocycles. The summed E-state index contributed by atoms with van der Waals surface area (Å²) in [5, 5.41) is 21.1. The van der Waals surface area contributed by atoms with Crippen molar-refractivity contribution in [1.29, 1.82) is 0 Å². The van der Waals surface area contributed by atoms with Crippen LogP contribution in [0.15, 0.2) is 0 Å². The van der Waals surface area contributed by atoms with Crippen LogP contribution in [-0.4, -0.2) is 34.4 Å². The number of hydrogen-bond acceptors (Lipinski definition) is 3. The van der Waals surface area contributed by atoms with Gasteiger partial charge in [0.1, 0.15) is 0 Å². The Morgan fingerprint density at radius 3 is 2.57 bits per heavy atom. The summed E-state index contributed by atoms with van der Waals surface area (Å²) in [7, 11) is 0. The summed E-state index contributed by atoms with van der Waals surface area (Å²) in [5.74, 6) is -0.122. The number of aliphatic hydroxyl groups is 2. The van der Waals surface area contributed by atoms with E-state index >= 15 is 0 Å². The van der Waals surface area contributed by atoms with Crippen molar-refractivity contribution in [2.24, 2.45) is 5.92 Å². The zero-order chi connectivity index (χ0) is 10.8. The average molecular weight is 201 g/mol. The fraction of sp³-hybridized carbons (Fsp3) is 0.900.